The summed E-state index contributed by atoms with van der Waals surface area (Å²) in [4.78, 5) is 23.5. The molecule has 1 aromatic rings. The molecule has 2 rings (SSSR count). The molecule has 0 aromatic heterocycles. The van der Waals surface area contributed by atoms with Crippen LogP contribution in [0.4, 0.5) is 10.5 Å². The standard InChI is InChI=1S/C17H21N3O3/c1-3-17(4-2,14(21)22)20-15(23)19-13-7-5-12(6-8-13)16(11-18)9-10-16/h5-8H,3-4,9-10H2,1-2H3,(H,21,22)(H2,19,20,23). The van der Waals surface area contributed by atoms with Crippen molar-refractivity contribution in [2.45, 2.75) is 50.5 Å². The highest BCUT2D eigenvalue weighted by Gasteiger charge is 2.44. The van der Waals surface area contributed by atoms with Crippen LogP contribution in [0.3, 0.4) is 0 Å². The van der Waals surface area contributed by atoms with Crippen molar-refractivity contribution in [3.05, 3.63) is 29.8 Å². The van der Waals surface area contributed by atoms with E-state index in [1.807, 2.05) is 12.1 Å². The first kappa shape index (κ1) is 16.8. The minimum absolute atomic E-state index is 0.301. The van der Waals surface area contributed by atoms with Gasteiger partial charge in [0.1, 0.15) is 5.54 Å². The molecule has 3 N–H and O–H groups in total. The van der Waals surface area contributed by atoms with Gasteiger partial charge in [-0.25, -0.2) is 9.59 Å². The van der Waals surface area contributed by atoms with Crippen molar-refractivity contribution < 1.29 is 14.7 Å². The van der Waals surface area contributed by atoms with Crippen LogP contribution >= 0.6 is 0 Å². The van der Waals surface area contributed by atoms with Gasteiger partial charge in [-0.3, -0.25) is 0 Å². The van der Waals surface area contributed by atoms with Crippen LogP contribution in [0.2, 0.25) is 0 Å². The highest BCUT2D eigenvalue weighted by Crippen LogP contribution is 2.47. The second-order valence-electron chi connectivity index (χ2n) is 5.94. The number of carbonyl (C=O) groups excluding carboxylic acids is 1. The van der Waals surface area contributed by atoms with E-state index < -0.39 is 17.5 Å². The zero-order valence-electron chi connectivity index (χ0n) is 13.3. The molecule has 1 aromatic carbocycles. The zero-order chi connectivity index (χ0) is 17.1. The molecule has 0 heterocycles. The maximum absolute atomic E-state index is 12.1. The number of benzene rings is 1. The topological polar surface area (TPSA) is 102 Å². The van der Waals surface area contributed by atoms with Crippen LogP contribution in [0.25, 0.3) is 0 Å². The summed E-state index contributed by atoms with van der Waals surface area (Å²) < 4.78 is 0. The smallest absolute Gasteiger partial charge is 0.329 e. The van der Waals surface area contributed by atoms with Crippen molar-refractivity contribution in [3.63, 3.8) is 0 Å². The van der Waals surface area contributed by atoms with E-state index in [1.165, 1.54) is 0 Å². The number of carboxylic acids is 1. The maximum Gasteiger partial charge on any atom is 0.329 e. The lowest BCUT2D eigenvalue weighted by atomic mass is 9.93. The predicted molar refractivity (Wildman–Crippen MR) is 86.1 cm³/mol. The first-order valence-corrected chi connectivity index (χ1v) is 7.76. The summed E-state index contributed by atoms with van der Waals surface area (Å²) in [5, 5.41) is 23.7. The van der Waals surface area contributed by atoms with Crippen LogP contribution < -0.4 is 10.6 Å². The number of urea groups is 1. The second-order valence-corrected chi connectivity index (χ2v) is 5.94. The lowest BCUT2D eigenvalue weighted by Crippen LogP contribution is -2.54. The molecule has 1 aliphatic carbocycles. The van der Waals surface area contributed by atoms with E-state index in [2.05, 4.69) is 16.7 Å². The van der Waals surface area contributed by atoms with Gasteiger partial charge in [0.05, 0.1) is 11.5 Å². The highest BCUT2D eigenvalue weighted by molar-refractivity contribution is 5.93. The zero-order valence-corrected chi connectivity index (χ0v) is 13.3. The number of aliphatic carboxylic acids is 1. The Labute approximate surface area is 135 Å². The number of nitrogens with one attached hydrogen (secondary N) is 2. The van der Waals surface area contributed by atoms with Crippen molar-refractivity contribution in [2.75, 3.05) is 5.32 Å². The summed E-state index contributed by atoms with van der Waals surface area (Å²) in [6.07, 6.45) is 2.33. The average Bonchev–Trinajstić information content (AvgIpc) is 3.34. The summed E-state index contributed by atoms with van der Waals surface area (Å²) in [6, 6.07) is 8.89. The Kier molecular flexibility index (Phi) is 4.60. The Morgan fingerprint density at radius 2 is 1.83 bits per heavy atom. The molecule has 6 nitrogen and oxygen atoms in total. The molecule has 0 radical (unpaired) electrons. The minimum Gasteiger partial charge on any atom is -0.480 e. The fraction of sp³-hybridized carbons (Fsp3) is 0.471. The number of nitriles is 1. The van der Waals surface area contributed by atoms with Gasteiger partial charge >= 0.3 is 12.0 Å². The first-order valence-electron chi connectivity index (χ1n) is 7.76. The molecule has 1 aliphatic rings. The molecule has 6 heteroatoms. The van der Waals surface area contributed by atoms with Crippen LogP contribution in [0.5, 0.6) is 0 Å². The second kappa shape index (κ2) is 6.29. The van der Waals surface area contributed by atoms with Gasteiger partial charge in [0.25, 0.3) is 0 Å². The fourth-order valence-electron chi connectivity index (χ4n) is 2.62. The van der Waals surface area contributed by atoms with Gasteiger partial charge in [-0.2, -0.15) is 5.26 Å². The number of hydrogen-bond donors (Lipinski definition) is 3. The van der Waals surface area contributed by atoms with Crippen LogP contribution in [0.1, 0.15) is 45.1 Å². The summed E-state index contributed by atoms with van der Waals surface area (Å²) in [7, 11) is 0. The van der Waals surface area contributed by atoms with Gasteiger partial charge < -0.3 is 15.7 Å². The molecular weight excluding hydrogens is 294 g/mol. The molecule has 0 atom stereocenters. The number of hydrogen-bond acceptors (Lipinski definition) is 3. The van der Waals surface area contributed by atoms with E-state index >= 15 is 0 Å². The molecular formula is C17H21N3O3. The Hall–Kier alpha value is -2.55. The van der Waals surface area contributed by atoms with Crippen molar-refractivity contribution in [1.82, 2.24) is 5.32 Å². The highest BCUT2D eigenvalue weighted by atomic mass is 16.4. The number of amides is 2. The maximum atomic E-state index is 12.1. The average molecular weight is 315 g/mol. The molecule has 0 unspecified atom stereocenters. The molecule has 122 valence electrons. The molecule has 1 fully saturated rings. The normalized spacial score (nSPS) is 15.3. The Morgan fingerprint density at radius 1 is 1.26 bits per heavy atom. The van der Waals surface area contributed by atoms with Crippen LogP contribution in [0.15, 0.2) is 24.3 Å². The fourth-order valence-corrected chi connectivity index (χ4v) is 2.62. The van der Waals surface area contributed by atoms with Crippen LogP contribution in [-0.4, -0.2) is 22.6 Å². The van der Waals surface area contributed by atoms with E-state index in [0.29, 0.717) is 18.5 Å². The number of carboxylic acid groups (broad SMARTS) is 1. The molecule has 0 saturated heterocycles. The molecule has 0 spiro atoms. The Balaban J connectivity index is 2.03. The van der Waals surface area contributed by atoms with Gasteiger partial charge in [-0.1, -0.05) is 26.0 Å². The van der Waals surface area contributed by atoms with Gasteiger partial charge in [0.2, 0.25) is 0 Å². The number of anilines is 1. The number of carbonyl (C=O) groups is 2. The third-order valence-corrected chi connectivity index (χ3v) is 4.63. The third kappa shape index (κ3) is 3.29. The minimum atomic E-state index is -1.26. The van der Waals surface area contributed by atoms with E-state index in [1.54, 1.807) is 26.0 Å². The lowest BCUT2D eigenvalue weighted by Gasteiger charge is -2.28. The monoisotopic (exact) mass is 315 g/mol. The van der Waals surface area contributed by atoms with Crippen molar-refractivity contribution in [3.8, 4) is 6.07 Å². The molecule has 0 aliphatic heterocycles. The van der Waals surface area contributed by atoms with Crippen molar-refractivity contribution in [1.29, 1.82) is 5.26 Å². The quantitative estimate of drug-likeness (QED) is 0.751. The molecule has 23 heavy (non-hydrogen) atoms. The Morgan fingerprint density at radius 3 is 2.22 bits per heavy atom. The molecule has 2 amide bonds. The molecule has 1 saturated carbocycles. The van der Waals surface area contributed by atoms with Gasteiger partial charge in [-0.15, -0.1) is 0 Å². The summed E-state index contributed by atoms with van der Waals surface area (Å²) in [5.74, 6) is -1.04. The third-order valence-electron chi connectivity index (χ3n) is 4.63. The predicted octanol–water partition coefficient (Wildman–Crippen LogP) is 3.01. The summed E-state index contributed by atoms with van der Waals surface area (Å²) in [5.41, 5.74) is -0.105. The SMILES string of the molecule is CCC(CC)(NC(=O)Nc1ccc(C2(C#N)CC2)cc1)C(=O)O. The van der Waals surface area contributed by atoms with Crippen LogP contribution in [-0.2, 0) is 10.2 Å². The van der Waals surface area contributed by atoms with Crippen LogP contribution in [0, 0.1) is 11.3 Å². The van der Waals surface area contributed by atoms with Crippen molar-refractivity contribution >= 4 is 17.7 Å². The van der Waals surface area contributed by atoms with E-state index in [9.17, 15) is 20.0 Å². The lowest BCUT2D eigenvalue weighted by molar-refractivity contribution is -0.144. The summed E-state index contributed by atoms with van der Waals surface area (Å²) >= 11 is 0. The van der Waals surface area contributed by atoms with E-state index in [4.69, 9.17) is 0 Å². The van der Waals surface area contributed by atoms with Crippen molar-refractivity contribution in [2.24, 2.45) is 0 Å². The Bertz CT molecular complexity index is 638. The first-order chi connectivity index (χ1) is 10.9. The van der Waals surface area contributed by atoms with Gasteiger partial charge in [0.15, 0.2) is 0 Å². The molecule has 0 bridgehead atoms. The largest absolute Gasteiger partial charge is 0.480 e. The summed E-state index contributed by atoms with van der Waals surface area (Å²) in [6.45, 7) is 3.45. The van der Waals surface area contributed by atoms with Gasteiger partial charge in [-0.05, 0) is 43.4 Å². The van der Waals surface area contributed by atoms with E-state index in [-0.39, 0.29) is 5.41 Å². The number of rotatable bonds is 6. The van der Waals surface area contributed by atoms with E-state index in [0.717, 1.165) is 18.4 Å². The number of nitrogens with zero attached hydrogens (tertiary/aromatic N) is 1. The van der Waals surface area contributed by atoms with Gasteiger partial charge in [0, 0.05) is 5.69 Å².